The molecule has 1 unspecified atom stereocenters. The average Bonchev–Trinajstić information content (AvgIpc) is 2.67. The fraction of sp³-hybridized carbons (Fsp3) is 0.400. The van der Waals surface area contributed by atoms with Gasteiger partial charge in [0.25, 0.3) is 11.5 Å². The molecule has 1 aliphatic carbocycles. The predicted molar refractivity (Wildman–Crippen MR) is 102 cm³/mol. The van der Waals surface area contributed by atoms with Gasteiger partial charge in [0.2, 0.25) is 5.75 Å². The summed E-state index contributed by atoms with van der Waals surface area (Å²) in [5.74, 6) is 1.21. The molecule has 1 aliphatic rings. The highest BCUT2D eigenvalue weighted by Gasteiger charge is 2.22. The van der Waals surface area contributed by atoms with Gasteiger partial charge in [-0.3, -0.25) is 9.59 Å². The van der Waals surface area contributed by atoms with E-state index in [-0.39, 0.29) is 11.1 Å². The fourth-order valence-electron chi connectivity index (χ4n) is 3.44. The summed E-state index contributed by atoms with van der Waals surface area (Å²) in [6.07, 6.45) is 2.72. The Morgan fingerprint density at radius 2 is 1.89 bits per heavy atom. The maximum atomic E-state index is 12.8. The summed E-state index contributed by atoms with van der Waals surface area (Å²) < 4.78 is 15.9. The highest BCUT2D eigenvalue weighted by molar-refractivity contribution is 6.05. The molecule has 3 rings (SSSR count). The molecular weight excluding hydrogens is 348 g/mol. The van der Waals surface area contributed by atoms with Gasteiger partial charge in [0.05, 0.1) is 27.0 Å². The van der Waals surface area contributed by atoms with Crippen molar-refractivity contribution in [1.82, 2.24) is 4.98 Å². The van der Waals surface area contributed by atoms with E-state index in [4.69, 9.17) is 14.2 Å². The van der Waals surface area contributed by atoms with Crippen LogP contribution in [0.25, 0.3) is 0 Å². The molecule has 0 spiro atoms. The van der Waals surface area contributed by atoms with Crippen LogP contribution in [0.2, 0.25) is 0 Å². The van der Waals surface area contributed by atoms with E-state index in [2.05, 4.69) is 17.2 Å². The van der Waals surface area contributed by atoms with Crippen LogP contribution in [0.5, 0.6) is 17.2 Å². The first-order chi connectivity index (χ1) is 13.0. The first-order valence-electron chi connectivity index (χ1n) is 8.83. The minimum atomic E-state index is -0.497. The van der Waals surface area contributed by atoms with Crippen molar-refractivity contribution in [1.29, 1.82) is 0 Å². The Bertz CT molecular complexity index is 919. The van der Waals surface area contributed by atoms with Gasteiger partial charge in [0.1, 0.15) is 5.56 Å². The van der Waals surface area contributed by atoms with Gasteiger partial charge >= 0.3 is 0 Å². The second-order valence-corrected chi connectivity index (χ2v) is 6.70. The van der Waals surface area contributed by atoms with Crippen LogP contribution in [0.15, 0.2) is 23.0 Å². The second-order valence-electron chi connectivity index (χ2n) is 6.70. The van der Waals surface area contributed by atoms with Crippen LogP contribution in [0.1, 0.15) is 35.0 Å². The zero-order chi connectivity index (χ0) is 19.6. The SMILES string of the molecule is COc1ccc(NC(=O)c2cc3c([nH]c2=O)CCC(C)C3)c(OC)c1OC. The van der Waals surface area contributed by atoms with Crippen molar-refractivity contribution in [3.05, 3.63) is 45.4 Å². The Kier molecular flexibility index (Phi) is 5.39. The summed E-state index contributed by atoms with van der Waals surface area (Å²) in [6.45, 7) is 2.17. The number of anilines is 1. The van der Waals surface area contributed by atoms with E-state index in [1.54, 1.807) is 18.2 Å². The quantitative estimate of drug-likeness (QED) is 0.842. The molecule has 0 radical (unpaired) electrons. The number of benzene rings is 1. The molecule has 0 fully saturated rings. The average molecular weight is 372 g/mol. The number of ether oxygens (including phenoxy) is 3. The van der Waals surface area contributed by atoms with E-state index in [0.29, 0.717) is 28.9 Å². The molecule has 2 N–H and O–H groups in total. The van der Waals surface area contributed by atoms with E-state index in [9.17, 15) is 9.59 Å². The van der Waals surface area contributed by atoms with Crippen molar-refractivity contribution in [3.8, 4) is 17.2 Å². The van der Waals surface area contributed by atoms with Crippen molar-refractivity contribution in [2.45, 2.75) is 26.2 Å². The van der Waals surface area contributed by atoms with Gasteiger partial charge in [-0.2, -0.15) is 0 Å². The minimum absolute atomic E-state index is 0.0830. The fourth-order valence-corrected chi connectivity index (χ4v) is 3.44. The molecule has 1 aromatic heterocycles. The summed E-state index contributed by atoms with van der Waals surface area (Å²) in [5.41, 5.74) is 2.04. The van der Waals surface area contributed by atoms with Crippen molar-refractivity contribution < 1.29 is 19.0 Å². The number of hydrogen-bond acceptors (Lipinski definition) is 5. The zero-order valence-electron chi connectivity index (χ0n) is 16.0. The van der Waals surface area contributed by atoms with E-state index < -0.39 is 5.91 Å². The molecule has 27 heavy (non-hydrogen) atoms. The first kappa shape index (κ1) is 18.8. The number of pyridine rings is 1. The van der Waals surface area contributed by atoms with Crippen LogP contribution in [-0.2, 0) is 12.8 Å². The lowest BCUT2D eigenvalue weighted by Gasteiger charge is -2.21. The predicted octanol–water partition coefficient (Wildman–Crippen LogP) is 2.78. The minimum Gasteiger partial charge on any atom is -0.493 e. The normalized spacial score (nSPS) is 15.6. The van der Waals surface area contributed by atoms with Gasteiger partial charge in [-0.1, -0.05) is 6.92 Å². The van der Waals surface area contributed by atoms with Crippen LogP contribution in [-0.4, -0.2) is 32.2 Å². The number of H-pyrrole nitrogens is 1. The number of nitrogens with one attached hydrogen (secondary N) is 2. The Morgan fingerprint density at radius 3 is 2.56 bits per heavy atom. The van der Waals surface area contributed by atoms with E-state index in [1.165, 1.54) is 21.3 Å². The summed E-state index contributed by atoms with van der Waals surface area (Å²) in [4.78, 5) is 28.0. The van der Waals surface area contributed by atoms with Crippen LogP contribution in [0.4, 0.5) is 5.69 Å². The van der Waals surface area contributed by atoms with Crippen molar-refractivity contribution in [2.75, 3.05) is 26.6 Å². The molecule has 0 saturated carbocycles. The number of carbonyl (C=O) groups is 1. The number of fused-ring (bicyclic) bond motifs is 1. The van der Waals surface area contributed by atoms with E-state index in [1.807, 2.05) is 0 Å². The maximum Gasteiger partial charge on any atom is 0.261 e. The molecule has 2 aromatic rings. The van der Waals surface area contributed by atoms with Gasteiger partial charge < -0.3 is 24.5 Å². The monoisotopic (exact) mass is 372 g/mol. The Hall–Kier alpha value is -2.96. The standard InChI is InChI=1S/C20H24N2O5/c1-11-5-6-14-12(9-11)10-13(19(23)21-14)20(24)22-15-7-8-16(25-2)18(27-4)17(15)26-3/h7-8,10-11H,5-6,9H2,1-4H3,(H,21,23)(H,22,24). The number of rotatable bonds is 5. The number of aryl methyl sites for hydroxylation is 1. The largest absolute Gasteiger partial charge is 0.493 e. The number of aromatic nitrogens is 1. The number of hydrogen-bond donors (Lipinski definition) is 2. The number of amides is 1. The molecule has 1 amide bonds. The lowest BCUT2D eigenvalue weighted by atomic mass is 9.87. The summed E-state index contributed by atoms with van der Waals surface area (Å²) >= 11 is 0. The molecule has 7 heteroatoms. The topological polar surface area (TPSA) is 89.7 Å². The van der Waals surface area contributed by atoms with E-state index in [0.717, 1.165) is 30.5 Å². The molecular formula is C20H24N2O5. The van der Waals surface area contributed by atoms with E-state index >= 15 is 0 Å². The lowest BCUT2D eigenvalue weighted by molar-refractivity contribution is 0.102. The van der Waals surface area contributed by atoms with Crippen molar-refractivity contribution in [3.63, 3.8) is 0 Å². The molecule has 0 saturated heterocycles. The number of carbonyl (C=O) groups excluding carboxylic acids is 1. The molecule has 1 atom stereocenters. The highest BCUT2D eigenvalue weighted by Crippen LogP contribution is 2.42. The lowest BCUT2D eigenvalue weighted by Crippen LogP contribution is -2.27. The van der Waals surface area contributed by atoms with Crippen molar-refractivity contribution >= 4 is 11.6 Å². The molecule has 0 bridgehead atoms. The number of methoxy groups -OCH3 is 3. The number of aromatic amines is 1. The Balaban J connectivity index is 1.94. The molecule has 1 aromatic carbocycles. The molecule has 1 heterocycles. The third kappa shape index (κ3) is 3.63. The Labute approximate surface area is 157 Å². The smallest absolute Gasteiger partial charge is 0.261 e. The van der Waals surface area contributed by atoms with Gasteiger partial charge in [-0.25, -0.2) is 0 Å². The van der Waals surface area contributed by atoms with Gasteiger partial charge in [0.15, 0.2) is 11.5 Å². The summed E-state index contributed by atoms with van der Waals surface area (Å²) in [5, 5.41) is 2.74. The van der Waals surface area contributed by atoms with Gasteiger partial charge in [-0.15, -0.1) is 0 Å². The van der Waals surface area contributed by atoms with Crippen LogP contribution in [0, 0.1) is 5.92 Å². The van der Waals surface area contributed by atoms with Crippen LogP contribution in [0.3, 0.4) is 0 Å². The molecule has 0 aliphatic heterocycles. The second kappa shape index (κ2) is 7.73. The van der Waals surface area contributed by atoms with Gasteiger partial charge in [-0.05, 0) is 48.9 Å². The molecule has 144 valence electrons. The first-order valence-corrected chi connectivity index (χ1v) is 8.83. The summed E-state index contributed by atoms with van der Waals surface area (Å²) in [7, 11) is 4.48. The maximum absolute atomic E-state index is 12.8. The van der Waals surface area contributed by atoms with Crippen molar-refractivity contribution in [2.24, 2.45) is 5.92 Å². The van der Waals surface area contributed by atoms with Crippen LogP contribution >= 0.6 is 0 Å². The highest BCUT2D eigenvalue weighted by atomic mass is 16.5. The Morgan fingerprint density at radius 1 is 1.15 bits per heavy atom. The van der Waals surface area contributed by atoms with Gasteiger partial charge in [0, 0.05) is 5.69 Å². The van der Waals surface area contributed by atoms with Crippen LogP contribution < -0.4 is 25.1 Å². The third-order valence-electron chi connectivity index (χ3n) is 4.87. The summed E-state index contributed by atoms with van der Waals surface area (Å²) in [6, 6.07) is 5.01. The molecule has 7 nitrogen and oxygen atoms in total. The third-order valence-corrected chi connectivity index (χ3v) is 4.87. The zero-order valence-corrected chi connectivity index (χ0v) is 16.0.